The molecule has 5 heteroatoms. The van der Waals surface area contributed by atoms with Gasteiger partial charge in [-0.05, 0) is 42.2 Å². The van der Waals surface area contributed by atoms with Crippen LogP contribution < -0.4 is 5.73 Å². The van der Waals surface area contributed by atoms with Crippen molar-refractivity contribution in [2.75, 3.05) is 0 Å². The number of primary amides is 1. The molecule has 20 heavy (non-hydrogen) atoms. The Hall–Kier alpha value is -1.46. The van der Waals surface area contributed by atoms with Gasteiger partial charge in [0.05, 0.1) is 5.56 Å². The van der Waals surface area contributed by atoms with Gasteiger partial charge in [-0.3, -0.25) is 4.79 Å². The van der Waals surface area contributed by atoms with Crippen LogP contribution in [-0.4, -0.2) is 12.1 Å². The SMILES string of the molecule is C[C@@H]1CCc2c(sc(N=Cc3cccs3)c2C(N)=O)C1. The smallest absolute Gasteiger partial charge is 0.252 e. The van der Waals surface area contributed by atoms with E-state index >= 15 is 0 Å². The molecule has 104 valence electrons. The van der Waals surface area contributed by atoms with Gasteiger partial charge in [-0.2, -0.15) is 0 Å². The Labute approximate surface area is 126 Å². The minimum atomic E-state index is -0.351. The predicted molar refractivity (Wildman–Crippen MR) is 85.6 cm³/mol. The lowest BCUT2D eigenvalue weighted by atomic mass is 9.88. The van der Waals surface area contributed by atoms with Gasteiger partial charge >= 0.3 is 0 Å². The quantitative estimate of drug-likeness (QED) is 0.862. The first-order chi connectivity index (χ1) is 9.65. The molecule has 0 radical (unpaired) electrons. The maximum Gasteiger partial charge on any atom is 0.252 e. The second-order valence-electron chi connectivity index (χ2n) is 5.17. The zero-order chi connectivity index (χ0) is 14.1. The van der Waals surface area contributed by atoms with Crippen molar-refractivity contribution in [3.63, 3.8) is 0 Å². The number of nitrogens with two attached hydrogens (primary N) is 1. The average molecular weight is 304 g/mol. The molecule has 2 aromatic rings. The zero-order valence-corrected chi connectivity index (χ0v) is 12.9. The molecule has 2 heterocycles. The number of hydrogen-bond acceptors (Lipinski definition) is 4. The van der Waals surface area contributed by atoms with Crippen LogP contribution in [0.5, 0.6) is 0 Å². The highest BCUT2D eigenvalue weighted by Gasteiger charge is 2.26. The maximum atomic E-state index is 11.8. The van der Waals surface area contributed by atoms with Crippen LogP contribution in [0.25, 0.3) is 0 Å². The summed E-state index contributed by atoms with van der Waals surface area (Å²) < 4.78 is 0. The molecule has 3 rings (SSSR count). The summed E-state index contributed by atoms with van der Waals surface area (Å²) in [4.78, 5) is 18.6. The van der Waals surface area contributed by atoms with Gasteiger partial charge in [0.25, 0.3) is 5.91 Å². The average Bonchev–Trinajstić information content (AvgIpc) is 3.02. The summed E-state index contributed by atoms with van der Waals surface area (Å²) in [6.07, 6.45) is 4.92. The first kappa shape index (κ1) is 13.5. The van der Waals surface area contributed by atoms with E-state index < -0.39 is 0 Å². The van der Waals surface area contributed by atoms with Gasteiger partial charge < -0.3 is 5.73 Å². The topological polar surface area (TPSA) is 55.4 Å². The van der Waals surface area contributed by atoms with Crippen molar-refractivity contribution in [3.8, 4) is 0 Å². The molecule has 3 nitrogen and oxygen atoms in total. The van der Waals surface area contributed by atoms with E-state index in [-0.39, 0.29) is 5.91 Å². The Morgan fingerprint density at radius 2 is 2.40 bits per heavy atom. The van der Waals surface area contributed by atoms with Crippen LogP contribution in [0.15, 0.2) is 22.5 Å². The number of carbonyl (C=O) groups excluding carboxylic acids is 1. The fourth-order valence-electron chi connectivity index (χ4n) is 2.57. The van der Waals surface area contributed by atoms with Crippen molar-refractivity contribution in [2.24, 2.45) is 16.6 Å². The van der Waals surface area contributed by atoms with Crippen LogP contribution in [0, 0.1) is 5.92 Å². The zero-order valence-electron chi connectivity index (χ0n) is 11.3. The van der Waals surface area contributed by atoms with E-state index in [2.05, 4.69) is 11.9 Å². The second kappa shape index (κ2) is 5.50. The largest absolute Gasteiger partial charge is 0.365 e. The molecule has 0 aromatic carbocycles. The van der Waals surface area contributed by atoms with E-state index in [4.69, 9.17) is 5.73 Å². The lowest BCUT2D eigenvalue weighted by molar-refractivity contribution is 0.1000. The normalized spacial score (nSPS) is 18.4. The van der Waals surface area contributed by atoms with Crippen molar-refractivity contribution in [3.05, 3.63) is 38.4 Å². The first-order valence-electron chi connectivity index (χ1n) is 6.67. The minimum Gasteiger partial charge on any atom is -0.365 e. The molecule has 0 unspecified atom stereocenters. The maximum absolute atomic E-state index is 11.8. The molecule has 1 atom stereocenters. The Kier molecular flexibility index (Phi) is 3.72. The Balaban J connectivity index is 2.00. The summed E-state index contributed by atoms with van der Waals surface area (Å²) in [6.45, 7) is 2.25. The second-order valence-corrected chi connectivity index (χ2v) is 7.23. The molecule has 1 amide bonds. The molecule has 2 aromatic heterocycles. The van der Waals surface area contributed by atoms with Crippen molar-refractivity contribution >= 4 is 39.8 Å². The highest BCUT2D eigenvalue weighted by Crippen LogP contribution is 2.40. The summed E-state index contributed by atoms with van der Waals surface area (Å²) in [7, 11) is 0. The van der Waals surface area contributed by atoms with Crippen molar-refractivity contribution in [2.45, 2.75) is 26.2 Å². The van der Waals surface area contributed by atoms with Gasteiger partial charge in [-0.25, -0.2) is 4.99 Å². The number of rotatable bonds is 3. The van der Waals surface area contributed by atoms with E-state index in [1.807, 2.05) is 23.7 Å². The Bertz CT molecular complexity index is 656. The van der Waals surface area contributed by atoms with Crippen LogP contribution in [0.1, 0.15) is 39.0 Å². The lowest BCUT2D eigenvalue weighted by Crippen LogP contribution is -2.16. The monoisotopic (exact) mass is 304 g/mol. The number of aliphatic imine (C=N–C) groups is 1. The molecule has 0 bridgehead atoms. The molecule has 0 fully saturated rings. The third-order valence-corrected chi connectivity index (χ3v) is 5.56. The molecular weight excluding hydrogens is 288 g/mol. The fraction of sp³-hybridized carbons (Fsp3) is 0.333. The van der Waals surface area contributed by atoms with Crippen molar-refractivity contribution < 1.29 is 4.79 Å². The number of carbonyl (C=O) groups is 1. The van der Waals surface area contributed by atoms with Crippen LogP contribution in [0.4, 0.5) is 5.00 Å². The summed E-state index contributed by atoms with van der Waals surface area (Å²) in [5.41, 5.74) is 7.34. The molecule has 1 aliphatic rings. The van der Waals surface area contributed by atoms with E-state index in [1.165, 1.54) is 4.88 Å². The van der Waals surface area contributed by atoms with E-state index in [1.54, 1.807) is 22.7 Å². The van der Waals surface area contributed by atoms with Crippen molar-refractivity contribution in [1.29, 1.82) is 0 Å². The number of thiophene rings is 2. The highest BCUT2D eigenvalue weighted by atomic mass is 32.1. The van der Waals surface area contributed by atoms with Crippen LogP contribution >= 0.6 is 22.7 Å². The predicted octanol–water partition coefficient (Wildman–Crippen LogP) is 3.78. The third kappa shape index (κ3) is 2.55. The summed E-state index contributed by atoms with van der Waals surface area (Å²) >= 11 is 3.25. The van der Waals surface area contributed by atoms with Gasteiger partial charge in [0.2, 0.25) is 0 Å². The van der Waals surface area contributed by atoms with Gasteiger partial charge in [-0.15, -0.1) is 22.7 Å². The number of amides is 1. The Morgan fingerprint density at radius 1 is 1.55 bits per heavy atom. The van der Waals surface area contributed by atoms with Crippen LogP contribution in [0.3, 0.4) is 0 Å². The minimum absolute atomic E-state index is 0.351. The van der Waals surface area contributed by atoms with Crippen molar-refractivity contribution in [1.82, 2.24) is 0 Å². The number of hydrogen-bond donors (Lipinski definition) is 1. The molecule has 0 saturated carbocycles. The van der Waals surface area contributed by atoms with E-state index in [0.29, 0.717) is 11.5 Å². The van der Waals surface area contributed by atoms with Gasteiger partial charge in [0.15, 0.2) is 0 Å². The highest BCUT2D eigenvalue weighted by molar-refractivity contribution is 7.16. The summed E-state index contributed by atoms with van der Waals surface area (Å²) in [5.74, 6) is 0.325. The van der Waals surface area contributed by atoms with Gasteiger partial charge in [-0.1, -0.05) is 13.0 Å². The first-order valence-corrected chi connectivity index (χ1v) is 8.36. The fourth-order valence-corrected chi connectivity index (χ4v) is 4.51. The Morgan fingerprint density at radius 3 is 3.10 bits per heavy atom. The lowest BCUT2D eigenvalue weighted by Gasteiger charge is -2.18. The number of fused-ring (bicyclic) bond motifs is 1. The summed E-state index contributed by atoms with van der Waals surface area (Å²) in [6, 6.07) is 4.00. The van der Waals surface area contributed by atoms with Crippen LogP contribution in [0.2, 0.25) is 0 Å². The standard InChI is InChI=1S/C15H16N2OS2/c1-9-4-5-11-12(7-9)20-15(13(11)14(16)18)17-8-10-3-2-6-19-10/h2-3,6,8-9H,4-5,7H2,1H3,(H2,16,18)/t9-/m1/s1. The third-order valence-electron chi connectivity index (χ3n) is 3.59. The number of nitrogens with zero attached hydrogens (tertiary/aromatic N) is 1. The molecular formula is C15H16N2OS2. The molecule has 0 aliphatic heterocycles. The molecule has 0 spiro atoms. The molecule has 1 aliphatic carbocycles. The molecule has 0 saturated heterocycles. The van der Waals surface area contributed by atoms with Crippen LogP contribution in [-0.2, 0) is 12.8 Å². The van der Waals surface area contributed by atoms with Gasteiger partial charge in [0.1, 0.15) is 5.00 Å². The van der Waals surface area contributed by atoms with Gasteiger partial charge in [0, 0.05) is 16.0 Å². The van der Waals surface area contributed by atoms with E-state index in [0.717, 1.165) is 34.7 Å². The molecule has 2 N–H and O–H groups in total. The van der Waals surface area contributed by atoms with E-state index in [9.17, 15) is 4.79 Å². The summed E-state index contributed by atoms with van der Waals surface area (Å²) in [5, 5.41) is 2.78.